The van der Waals surface area contributed by atoms with Gasteiger partial charge in [-0.2, -0.15) is 5.26 Å². The molecule has 1 aromatic heterocycles. The van der Waals surface area contributed by atoms with Crippen LogP contribution in [0.5, 0.6) is 0 Å². The molecule has 2 N–H and O–H groups in total. The van der Waals surface area contributed by atoms with Gasteiger partial charge in [-0.25, -0.2) is 0 Å². The third kappa shape index (κ3) is 4.78. The summed E-state index contributed by atoms with van der Waals surface area (Å²) in [7, 11) is 1.42. The van der Waals surface area contributed by atoms with Crippen molar-refractivity contribution in [3.05, 3.63) is 35.2 Å². The maximum Gasteiger partial charge on any atom is 0.246 e. The Hall–Kier alpha value is -2.43. The van der Waals surface area contributed by atoms with E-state index in [0.29, 0.717) is 6.42 Å². The standard InChI is InChI=1S/C17H19N3O3S/c1-23-10-16(21)20-14(17(22)19-8-4-7-18)9-12-11-24-15-6-3-2-5-13(12)15/h2-3,5-6,11,14H,4,8-10H2,1H3,(H,19,22)(H,20,21). The number of carbonyl (C=O) groups is 2. The fourth-order valence-electron chi connectivity index (χ4n) is 2.35. The maximum atomic E-state index is 12.3. The molecular weight excluding hydrogens is 326 g/mol. The van der Waals surface area contributed by atoms with Gasteiger partial charge >= 0.3 is 0 Å². The minimum Gasteiger partial charge on any atom is -0.375 e. The van der Waals surface area contributed by atoms with Crippen LogP contribution in [0.3, 0.4) is 0 Å². The van der Waals surface area contributed by atoms with E-state index in [1.807, 2.05) is 35.7 Å². The molecule has 1 unspecified atom stereocenters. The first-order valence-electron chi connectivity index (χ1n) is 7.53. The molecule has 24 heavy (non-hydrogen) atoms. The highest BCUT2D eigenvalue weighted by atomic mass is 32.1. The minimum absolute atomic E-state index is 0.105. The molecule has 0 aliphatic rings. The Morgan fingerprint density at radius 1 is 1.38 bits per heavy atom. The van der Waals surface area contributed by atoms with Crippen molar-refractivity contribution in [3.8, 4) is 6.07 Å². The molecule has 126 valence electrons. The van der Waals surface area contributed by atoms with Crippen LogP contribution in [0.25, 0.3) is 10.1 Å². The Bertz CT molecular complexity index is 751. The monoisotopic (exact) mass is 345 g/mol. The van der Waals surface area contributed by atoms with Gasteiger partial charge in [0.05, 0.1) is 12.5 Å². The number of nitriles is 1. The first kappa shape index (κ1) is 17.9. The summed E-state index contributed by atoms with van der Waals surface area (Å²) in [5.74, 6) is -0.651. The largest absolute Gasteiger partial charge is 0.375 e. The summed E-state index contributed by atoms with van der Waals surface area (Å²) in [6.07, 6.45) is 0.615. The molecule has 0 radical (unpaired) electrons. The van der Waals surface area contributed by atoms with Gasteiger partial charge < -0.3 is 15.4 Å². The number of carbonyl (C=O) groups excluding carboxylic acids is 2. The van der Waals surface area contributed by atoms with Crippen molar-refractivity contribution < 1.29 is 14.3 Å². The molecule has 0 fully saturated rings. The summed E-state index contributed by atoms with van der Waals surface area (Å²) in [6, 6.07) is 9.21. The molecule has 2 aromatic rings. The average molecular weight is 345 g/mol. The number of hydrogen-bond acceptors (Lipinski definition) is 5. The van der Waals surface area contributed by atoms with Crippen molar-refractivity contribution in [3.63, 3.8) is 0 Å². The van der Waals surface area contributed by atoms with E-state index in [0.717, 1.165) is 15.6 Å². The molecule has 1 atom stereocenters. The zero-order valence-electron chi connectivity index (χ0n) is 13.4. The highest BCUT2D eigenvalue weighted by Gasteiger charge is 2.22. The molecule has 1 aromatic carbocycles. The first-order chi connectivity index (χ1) is 11.7. The molecule has 7 heteroatoms. The SMILES string of the molecule is COCC(=O)NC(Cc1csc2ccccc12)C(=O)NCCC#N. The van der Waals surface area contributed by atoms with Crippen LogP contribution >= 0.6 is 11.3 Å². The summed E-state index contributed by atoms with van der Waals surface area (Å²) < 4.78 is 5.94. The quantitative estimate of drug-likeness (QED) is 0.711. The van der Waals surface area contributed by atoms with E-state index in [1.54, 1.807) is 11.3 Å². The fourth-order valence-corrected chi connectivity index (χ4v) is 3.33. The lowest BCUT2D eigenvalue weighted by Crippen LogP contribution is -2.49. The van der Waals surface area contributed by atoms with Crippen LogP contribution < -0.4 is 10.6 Å². The van der Waals surface area contributed by atoms with Crippen molar-refractivity contribution >= 4 is 33.2 Å². The lowest BCUT2D eigenvalue weighted by Gasteiger charge is -2.18. The van der Waals surface area contributed by atoms with Gasteiger partial charge in [-0.15, -0.1) is 11.3 Å². The first-order valence-corrected chi connectivity index (χ1v) is 8.41. The maximum absolute atomic E-state index is 12.3. The number of methoxy groups -OCH3 is 1. The topological polar surface area (TPSA) is 91.2 Å². The summed E-state index contributed by atoms with van der Waals surface area (Å²) in [4.78, 5) is 24.2. The zero-order valence-corrected chi connectivity index (χ0v) is 14.2. The van der Waals surface area contributed by atoms with Gasteiger partial charge in [-0.3, -0.25) is 9.59 Å². The van der Waals surface area contributed by atoms with Crippen LogP contribution in [0.1, 0.15) is 12.0 Å². The number of amides is 2. The number of benzene rings is 1. The van der Waals surface area contributed by atoms with Gasteiger partial charge in [0.15, 0.2) is 0 Å². The van der Waals surface area contributed by atoms with Crippen molar-refractivity contribution in [1.29, 1.82) is 5.26 Å². The van der Waals surface area contributed by atoms with Crippen LogP contribution in [0.2, 0.25) is 0 Å². The summed E-state index contributed by atoms with van der Waals surface area (Å²) in [6.45, 7) is 0.155. The van der Waals surface area contributed by atoms with E-state index >= 15 is 0 Å². The van der Waals surface area contributed by atoms with Crippen LogP contribution in [-0.4, -0.2) is 38.1 Å². The Kier molecular flexibility index (Phi) is 6.73. The Balaban J connectivity index is 2.13. The molecule has 0 bridgehead atoms. The van der Waals surface area contributed by atoms with Gasteiger partial charge in [-0.1, -0.05) is 18.2 Å². The van der Waals surface area contributed by atoms with E-state index in [9.17, 15) is 9.59 Å². The number of ether oxygens (including phenoxy) is 1. The second kappa shape index (κ2) is 9.01. The van der Waals surface area contributed by atoms with Crippen molar-refractivity contribution in [2.75, 3.05) is 20.3 Å². The lowest BCUT2D eigenvalue weighted by molar-refractivity contribution is -0.130. The van der Waals surface area contributed by atoms with Gasteiger partial charge in [0.1, 0.15) is 12.6 Å². The van der Waals surface area contributed by atoms with Crippen molar-refractivity contribution in [1.82, 2.24) is 10.6 Å². The second-order valence-electron chi connectivity index (χ2n) is 5.21. The summed E-state index contributed by atoms with van der Waals surface area (Å²) in [5.41, 5.74) is 1.01. The van der Waals surface area contributed by atoms with Gasteiger partial charge in [0, 0.05) is 24.8 Å². The Morgan fingerprint density at radius 2 is 2.17 bits per heavy atom. The molecule has 6 nitrogen and oxygen atoms in total. The molecule has 1 heterocycles. The third-order valence-electron chi connectivity index (χ3n) is 3.45. The fraction of sp³-hybridized carbons (Fsp3) is 0.353. The lowest BCUT2D eigenvalue weighted by atomic mass is 10.0. The van der Waals surface area contributed by atoms with E-state index in [2.05, 4.69) is 10.6 Å². The minimum atomic E-state index is -0.704. The van der Waals surface area contributed by atoms with Crippen LogP contribution in [0.15, 0.2) is 29.6 Å². The van der Waals surface area contributed by atoms with Gasteiger partial charge in [-0.05, 0) is 22.4 Å². The number of hydrogen-bond donors (Lipinski definition) is 2. The van der Waals surface area contributed by atoms with Crippen LogP contribution in [0.4, 0.5) is 0 Å². The molecule has 0 saturated carbocycles. The van der Waals surface area contributed by atoms with Gasteiger partial charge in [0.2, 0.25) is 11.8 Å². The molecule has 0 aliphatic carbocycles. The molecule has 2 amide bonds. The Labute approximate surface area is 144 Å². The predicted octanol–water partition coefficient (Wildman–Crippen LogP) is 1.60. The van der Waals surface area contributed by atoms with E-state index in [1.165, 1.54) is 7.11 Å². The summed E-state index contributed by atoms with van der Waals surface area (Å²) >= 11 is 1.61. The van der Waals surface area contributed by atoms with Gasteiger partial charge in [0.25, 0.3) is 0 Å². The molecule has 0 spiro atoms. The summed E-state index contributed by atoms with van der Waals surface area (Å²) in [5, 5.41) is 17.0. The smallest absolute Gasteiger partial charge is 0.246 e. The molecule has 0 aliphatic heterocycles. The second-order valence-corrected chi connectivity index (χ2v) is 6.12. The average Bonchev–Trinajstić information content (AvgIpc) is 2.98. The van der Waals surface area contributed by atoms with Crippen molar-refractivity contribution in [2.45, 2.75) is 18.9 Å². The van der Waals surface area contributed by atoms with Crippen molar-refractivity contribution in [2.24, 2.45) is 0 Å². The molecular formula is C17H19N3O3S. The third-order valence-corrected chi connectivity index (χ3v) is 4.46. The van der Waals surface area contributed by atoms with E-state index < -0.39 is 6.04 Å². The number of thiophene rings is 1. The van der Waals surface area contributed by atoms with Crippen LogP contribution in [0, 0.1) is 11.3 Å². The number of fused-ring (bicyclic) bond motifs is 1. The highest BCUT2D eigenvalue weighted by Crippen LogP contribution is 2.26. The predicted molar refractivity (Wildman–Crippen MR) is 92.6 cm³/mol. The number of rotatable bonds is 8. The normalized spacial score (nSPS) is 11.7. The van der Waals surface area contributed by atoms with E-state index in [4.69, 9.17) is 10.00 Å². The zero-order chi connectivity index (χ0) is 17.4. The van der Waals surface area contributed by atoms with Crippen LogP contribution in [-0.2, 0) is 20.7 Å². The highest BCUT2D eigenvalue weighted by molar-refractivity contribution is 7.17. The molecule has 0 saturated heterocycles. The number of nitrogens with one attached hydrogen (secondary N) is 2. The molecule has 2 rings (SSSR count). The van der Waals surface area contributed by atoms with E-state index in [-0.39, 0.29) is 31.4 Å². The number of nitrogens with zero attached hydrogens (tertiary/aromatic N) is 1. The Morgan fingerprint density at radius 3 is 2.92 bits per heavy atom.